The molecule has 0 spiro atoms. The molecule has 1 amide bonds. The average molecular weight is 615 g/mol. The molecule has 0 unspecified atom stereocenters. The first-order valence-electron chi connectivity index (χ1n) is 15.2. The van der Waals surface area contributed by atoms with E-state index in [4.69, 9.17) is 0 Å². The lowest BCUT2D eigenvalue weighted by molar-refractivity contribution is -0.139. The van der Waals surface area contributed by atoms with Crippen LogP contribution in [0.25, 0.3) is 11.1 Å². The maximum atomic E-state index is 13.5. The van der Waals surface area contributed by atoms with E-state index in [1.807, 2.05) is 49.0 Å². The van der Waals surface area contributed by atoms with Crippen molar-refractivity contribution in [3.8, 4) is 11.1 Å². The van der Waals surface area contributed by atoms with Gasteiger partial charge in [-0.3, -0.25) is 9.69 Å². The van der Waals surface area contributed by atoms with E-state index in [0.717, 1.165) is 46.7 Å². The molecule has 3 atom stereocenters. The molecular weight excluding hydrogens is 569 g/mol. The van der Waals surface area contributed by atoms with Crippen LogP contribution in [0, 0.1) is 12.8 Å². The number of amides is 1. The third kappa shape index (κ3) is 8.83. The summed E-state index contributed by atoms with van der Waals surface area (Å²) in [4.78, 5) is 28.1. The highest BCUT2D eigenvalue weighted by Gasteiger charge is 2.35. The first kappa shape index (κ1) is 32.6. The molecule has 42 heavy (non-hydrogen) atoms. The summed E-state index contributed by atoms with van der Waals surface area (Å²) < 4.78 is 23.3. The van der Waals surface area contributed by atoms with Crippen LogP contribution in [-0.4, -0.2) is 72.4 Å². The summed E-state index contributed by atoms with van der Waals surface area (Å²) in [6, 6.07) is 13.6. The number of sulfone groups is 1. The highest BCUT2D eigenvalue weighted by Crippen LogP contribution is 2.37. The van der Waals surface area contributed by atoms with Gasteiger partial charge in [0.05, 0.1) is 5.75 Å². The summed E-state index contributed by atoms with van der Waals surface area (Å²) in [7, 11) is -3.37. The molecule has 0 aromatic heterocycles. The molecule has 1 aliphatic carbocycles. The molecule has 2 fully saturated rings. The second kappa shape index (κ2) is 14.9. The topological polar surface area (TPSA) is 104 Å². The molecule has 2 aliphatic rings. The van der Waals surface area contributed by atoms with Crippen LogP contribution in [0.4, 0.5) is 0 Å². The van der Waals surface area contributed by atoms with Gasteiger partial charge in [-0.2, -0.15) is 11.8 Å². The second-order valence-electron chi connectivity index (χ2n) is 12.2. The molecule has 0 radical (unpaired) electrons. The highest BCUT2D eigenvalue weighted by atomic mass is 32.2. The number of nitrogens with one attached hydrogen (secondary N) is 1. The quantitative estimate of drug-likeness (QED) is 0.288. The summed E-state index contributed by atoms with van der Waals surface area (Å²) in [6.45, 7) is 2.82. The Kier molecular flexibility index (Phi) is 11.5. The van der Waals surface area contributed by atoms with Crippen LogP contribution in [0.1, 0.15) is 79.3 Å². The van der Waals surface area contributed by atoms with E-state index in [0.29, 0.717) is 17.6 Å². The number of carbonyl (C=O) groups is 2. The molecule has 2 aromatic rings. The first-order chi connectivity index (χ1) is 20.1. The monoisotopic (exact) mass is 614 g/mol. The second-order valence-corrected chi connectivity index (χ2v) is 15.4. The molecule has 9 heteroatoms. The summed E-state index contributed by atoms with van der Waals surface area (Å²) in [5.74, 6) is -0.159. The fourth-order valence-corrected chi connectivity index (χ4v) is 8.13. The van der Waals surface area contributed by atoms with Gasteiger partial charge in [0.1, 0.15) is 15.9 Å². The Labute approximate surface area is 255 Å². The van der Waals surface area contributed by atoms with Gasteiger partial charge in [-0.15, -0.1) is 0 Å². The summed E-state index contributed by atoms with van der Waals surface area (Å²) in [5.41, 5.74) is 4.23. The number of rotatable bonds is 13. The predicted octanol–water partition coefficient (Wildman–Crippen LogP) is 5.95. The number of aryl methyl sites for hydroxylation is 1. The van der Waals surface area contributed by atoms with Crippen LogP contribution in [0.2, 0.25) is 0 Å². The fraction of sp³-hybridized carbons (Fsp3) is 0.576. The largest absolute Gasteiger partial charge is 0.480 e. The molecular formula is C33H46N2O5S2. The van der Waals surface area contributed by atoms with E-state index >= 15 is 0 Å². The SMILES string of the molecule is CSC[C@H]1CC[C@H](CC2CCCCC2)N1Cc1ccc(C(=O)N[C@@H](CCS(C)(=O)=O)C(=O)O)c(-c2ccccc2C)c1. The van der Waals surface area contributed by atoms with Crippen molar-refractivity contribution in [2.24, 2.45) is 5.92 Å². The Morgan fingerprint density at radius 1 is 1.02 bits per heavy atom. The number of carboxylic acids is 1. The number of hydrogen-bond donors (Lipinski definition) is 2. The Balaban J connectivity index is 1.62. The van der Waals surface area contributed by atoms with Crippen molar-refractivity contribution in [1.82, 2.24) is 10.2 Å². The summed E-state index contributed by atoms with van der Waals surface area (Å²) in [6.07, 6.45) is 13.5. The van der Waals surface area contributed by atoms with Crippen molar-refractivity contribution in [2.75, 3.05) is 24.0 Å². The zero-order chi connectivity index (χ0) is 30.3. The smallest absolute Gasteiger partial charge is 0.326 e. The zero-order valence-corrected chi connectivity index (χ0v) is 26.8. The lowest BCUT2D eigenvalue weighted by atomic mass is 9.84. The normalized spacial score (nSPS) is 20.8. The number of aliphatic carboxylic acids is 1. The van der Waals surface area contributed by atoms with Gasteiger partial charge in [-0.1, -0.05) is 62.4 Å². The van der Waals surface area contributed by atoms with Crippen molar-refractivity contribution in [3.05, 3.63) is 59.2 Å². The summed E-state index contributed by atoms with van der Waals surface area (Å²) >= 11 is 1.90. The standard InChI is InChI=1S/C33H46N2O5S2/c1-23-9-7-8-12-28(23)30-20-25(13-16-29(30)32(36)34-31(33(37)38)17-18-42(3,39)40)21-35-26(14-15-27(35)22-41-2)19-24-10-5-4-6-11-24/h7-9,12-13,16,20,24,26-27,31H,4-6,10-11,14-15,17-19,21-22H2,1-3H3,(H,34,36)(H,37,38)/t26-,27-,31+/m1/s1. The maximum absolute atomic E-state index is 13.5. The van der Waals surface area contributed by atoms with Gasteiger partial charge in [-0.25, -0.2) is 13.2 Å². The van der Waals surface area contributed by atoms with Gasteiger partial charge in [0.2, 0.25) is 0 Å². The number of nitrogens with zero attached hydrogens (tertiary/aromatic N) is 1. The van der Waals surface area contributed by atoms with E-state index < -0.39 is 27.8 Å². The van der Waals surface area contributed by atoms with Gasteiger partial charge in [0.25, 0.3) is 5.91 Å². The van der Waals surface area contributed by atoms with Crippen molar-refractivity contribution < 1.29 is 23.1 Å². The van der Waals surface area contributed by atoms with Crippen LogP contribution in [0.5, 0.6) is 0 Å². The van der Waals surface area contributed by atoms with Crippen LogP contribution in [0.15, 0.2) is 42.5 Å². The number of carboxylic acid groups (broad SMARTS) is 1. The third-order valence-electron chi connectivity index (χ3n) is 8.97. The number of likely N-dealkylation sites (tertiary alicyclic amines) is 1. The molecule has 2 aromatic carbocycles. The Bertz CT molecular complexity index is 1340. The molecule has 1 saturated carbocycles. The van der Waals surface area contributed by atoms with Crippen molar-refractivity contribution in [2.45, 2.75) is 89.4 Å². The van der Waals surface area contributed by atoms with E-state index in [2.05, 4.69) is 22.5 Å². The molecule has 4 rings (SSSR count). The maximum Gasteiger partial charge on any atom is 0.326 e. The lowest BCUT2D eigenvalue weighted by Crippen LogP contribution is -2.42. The molecule has 7 nitrogen and oxygen atoms in total. The highest BCUT2D eigenvalue weighted by molar-refractivity contribution is 7.98. The minimum Gasteiger partial charge on any atom is -0.480 e. The minimum absolute atomic E-state index is 0.189. The van der Waals surface area contributed by atoms with Crippen LogP contribution >= 0.6 is 11.8 Å². The van der Waals surface area contributed by atoms with Gasteiger partial charge in [0, 0.05) is 36.2 Å². The molecule has 2 N–H and O–H groups in total. The Morgan fingerprint density at radius 2 is 1.74 bits per heavy atom. The molecule has 0 bridgehead atoms. The Hall–Kier alpha value is -2.36. The van der Waals surface area contributed by atoms with E-state index in [1.54, 1.807) is 6.07 Å². The fourth-order valence-electron chi connectivity index (χ4n) is 6.73. The van der Waals surface area contributed by atoms with Crippen LogP contribution < -0.4 is 5.32 Å². The molecule has 1 saturated heterocycles. The average Bonchev–Trinajstić information content (AvgIpc) is 3.31. The van der Waals surface area contributed by atoms with Crippen molar-refractivity contribution >= 4 is 33.5 Å². The molecule has 230 valence electrons. The van der Waals surface area contributed by atoms with Crippen molar-refractivity contribution in [1.29, 1.82) is 0 Å². The van der Waals surface area contributed by atoms with E-state index in [1.165, 1.54) is 51.4 Å². The number of thioether (sulfide) groups is 1. The van der Waals surface area contributed by atoms with Gasteiger partial charge in [-0.05, 0) is 79.2 Å². The Morgan fingerprint density at radius 3 is 2.40 bits per heavy atom. The van der Waals surface area contributed by atoms with Gasteiger partial charge in [0.15, 0.2) is 0 Å². The predicted molar refractivity (Wildman–Crippen MR) is 172 cm³/mol. The first-order valence-corrected chi connectivity index (χ1v) is 18.7. The summed E-state index contributed by atoms with van der Waals surface area (Å²) in [5, 5.41) is 12.3. The van der Waals surface area contributed by atoms with Crippen molar-refractivity contribution in [3.63, 3.8) is 0 Å². The van der Waals surface area contributed by atoms with E-state index in [9.17, 15) is 23.1 Å². The van der Waals surface area contributed by atoms with E-state index in [-0.39, 0.29) is 12.2 Å². The lowest BCUT2D eigenvalue weighted by Gasteiger charge is -2.33. The van der Waals surface area contributed by atoms with Crippen LogP contribution in [0.3, 0.4) is 0 Å². The third-order valence-corrected chi connectivity index (χ3v) is 10.7. The van der Waals surface area contributed by atoms with Crippen LogP contribution in [-0.2, 0) is 21.2 Å². The number of carbonyl (C=O) groups excluding carboxylic acids is 1. The van der Waals surface area contributed by atoms with Gasteiger partial charge >= 0.3 is 5.97 Å². The molecule has 1 aliphatic heterocycles. The minimum atomic E-state index is -3.37. The number of benzene rings is 2. The van der Waals surface area contributed by atoms with Gasteiger partial charge < -0.3 is 10.4 Å². The molecule has 1 heterocycles. The zero-order valence-electron chi connectivity index (χ0n) is 25.2. The number of hydrogen-bond acceptors (Lipinski definition) is 6.